The van der Waals surface area contributed by atoms with Crippen molar-refractivity contribution >= 4 is 27.4 Å². The summed E-state index contributed by atoms with van der Waals surface area (Å²) in [4.78, 5) is 15.5. The van der Waals surface area contributed by atoms with E-state index in [-0.39, 0.29) is 5.56 Å². The Bertz CT molecular complexity index is 617. The largest absolute Gasteiger partial charge is 0.478 e. The van der Waals surface area contributed by atoms with Crippen LogP contribution in [-0.2, 0) is 0 Å². The maximum atomic E-state index is 11.0. The molecule has 0 spiro atoms. The van der Waals surface area contributed by atoms with Gasteiger partial charge >= 0.3 is 5.97 Å². The van der Waals surface area contributed by atoms with Crippen molar-refractivity contribution < 1.29 is 9.90 Å². The van der Waals surface area contributed by atoms with E-state index in [1.165, 1.54) is 0 Å². The first-order valence-electron chi connectivity index (χ1n) is 5.78. The van der Waals surface area contributed by atoms with Crippen molar-refractivity contribution in [3.8, 4) is 0 Å². The van der Waals surface area contributed by atoms with Gasteiger partial charge in [0.25, 0.3) is 0 Å². The first-order valence-corrected chi connectivity index (χ1v) is 6.57. The number of nitrogens with one attached hydrogen (secondary N) is 1. The van der Waals surface area contributed by atoms with Gasteiger partial charge in [0.2, 0.25) is 0 Å². The summed E-state index contributed by atoms with van der Waals surface area (Å²) in [5.41, 5.74) is 1.08. The summed E-state index contributed by atoms with van der Waals surface area (Å²) in [7, 11) is 0. The summed E-state index contributed by atoms with van der Waals surface area (Å²) in [5, 5.41) is 12.3. The van der Waals surface area contributed by atoms with Gasteiger partial charge in [-0.25, -0.2) is 9.78 Å². The Morgan fingerprint density at radius 3 is 3.11 bits per heavy atom. The highest BCUT2D eigenvalue weighted by Crippen LogP contribution is 2.27. The molecule has 1 fully saturated rings. The third-order valence-corrected chi connectivity index (χ3v) is 3.88. The summed E-state index contributed by atoms with van der Waals surface area (Å²) in [6.45, 7) is 1.93. The molecule has 0 amide bonds. The standard InChI is InChI=1S/C12H12BrN3O2/c13-10-9-5-7(12(17)18)2-4-16(9)11(15-10)8-1-3-14-6-8/h2,4-5,8,14H,1,3,6H2,(H,17,18). The Kier molecular flexibility index (Phi) is 2.83. The average Bonchev–Trinajstić information content (AvgIpc) is 2.97. The summed E-state index contributed by atoms with van der Waals surface area (Å²) in [6, 6.07) is 3.25. The van der Waals surface area contributed by atoms with Gasteiger partial charge in [0.15, 0.2) is 0 Å². The van der Waals surface area contributed by atoms with E-state index in [4.69, 9.17) is 5.11 Å². The van der Waals surface area contributed by atoms with Crippen molar-refractivity contribution in [1.29, 1.82) is 0 Å². The number of hydrogen-bond donors (Lipinski definition) is 2. The van der Waals surface area contributed by atoms with E-state index in [9.17, 15) is 4.79 Å². The lowest BCUT2D eigenvalue weighted by Crippen LogP contribution is -2.10. The molecule has 5 nitrogen and oxygen atoms in total. The van der Waals surface area contributed by atoms with Crippen molar-refractivity contribution in [3.63, 3.8) is 0 Å². The zero-order valence-electron chi connectivity index (χ0n) is 9.56. The number of nitrogens with zero attached hydrogens (tertiary/aromatic N) is 2. The van der Waals surface area contributed by atoms with Crippen LogP contribution in [0.1, 0.15) is 28.5 Å². The van der Waals surface area contributed by atoms with Gasteiger partial charge in [-0.1, -0.05) is 0 Å². The topological polar surface area (TPSA) is 66.6 Å². The van der Waals surface area contributed by atoms with Gasteiger partial charge in [0.05, 0.1) is 11.1 Å². The van der Waals surface area contributed by atoms with E-state index >= 15 is 0 Å². The van der Waals surface area contributed by atoms with Gasteiger partial charge in [0, 0.05) is 18.7 Å². The van der Waals surface area contributed by atoms with Crippen LogP contribution < -0.4 is 5.32 Å². The van der Waals surface area contributed by atoms with Crippen molar-refractivity contribution in [2.45, 2.75) is 12.3 Å². The van der Waals surface area contributed by atoms with E-state index < -0.39 is 5.97 Å². The van der Waals surface area contributed by atoms with E-state index in [0.717, 1.165) is 30.9 Å². The van der Waals surface area contributed by atoms with Crippen molar-refractivity contribution in [2.75, 3.05) is 13.1 Å². The monoisotopic (exact) mass is 309 g/mol. The normalized spacial score (nSPS) is 19.5. The molecule has 94 valence electrons. The molecule has 1 saturated heterocycles. The van der Waals surface area contributed by atoms with Gasteiger partial charge in [-0.2, -0.15) is 0 Å². The molecule has 3 rings (SSSR count). The predicted octanol–water partition coefficient (Wildman–Crippen LogP) is 1.87. The zero-order chi connectivity index (χ0) is 12.7. The molecule has 0 aliphatic carbocycles. The SMILES string of the molecule is O=C(O)c1ccn2c(C3CCNC3)nc(Br)c2c1. The molecule has 0 saturated carbocycles. The van der Waals surface area contributed by atoms with Gasteiger partial charge < -0.3 is 14.8 Å². The molecule has 3 heterocycles. The fourth-order valence-electron chi connectivity index (χ4n) is 2.37. The summed E-state index contributed by atoms with van der Waals surface area (Å²) in [5.74, 6) is 0.452. The number of aromatic carboxylic acids is 1. The Morgan fingerprint density at radius 2 is 2.44 bits per heavy atom. The second-order valence-electron chi connectivity index (χ2n) is 4.43. The summed E-state index contributed by atoms with van der Waals surface area (Å²) < 4.78 is 2.67. The number of carboxylic acid groups (broad SMARTS) is 1. The molecular weight excluding hydrogens is 298 g/mol. The summed E-state index contributed by atoms with van der Waals surface area (Å²) >= 11 is 3.40. The molecule has 0 aromatic carbocycles. The van der Waals surface area contributed by atoms with Crippen LogP contribution in [0.25, 0.3) is 5.52 Å². The van der Waals surface area contributed by atoms with Crippen molar-refractivity contribution in [1.82, 2.24) is 14.7 Å². The number of fused-ring (bicyclic) bond motifs is 1. The van der Waals surface area contributed by atoms with Crippen LogP contribution in [0.4, 0.5) is 0 Å². The highest BCUT2D eigenvalue weighted by atomic mass is 79.9. The van der Waals surface area contributed by atoms with Gasteiger partial charge in [-0.05, 0) is 41.0 Å². The van der Waals surface area contributed by atoms with Crippen LogP contribution in [0.15, 0.2) is 22.9 Å². The fourth-order valence-corrected chi connectivity index (χ4v) is 2.85. The van der Waals surface area contributed by atoms with Crippen LogP contribution in [0, 0.1) is 0 Å². The number of imidazole rings is 1. The molecule has 2 aromatic rings. The van der Waals surface area contributed by atoms with Gasteiger partial charge in [0.1, 0.15) is 10.4 Å². The number of pyridine rings is 1. The first-order chi connectivity index (χ1) is 8.66. The smallest absolute Gasteiger partial charge is 0.335 e. The minimum absolute atomic E-state index is 0.277. The molecule has 1 unspecified atom stereocenters. The molecule has 0 bridgehead atoms. The Labute approximate surface area is 112 Å². The maximum Gasteiger partial charge on any atom is 0.335 e. The third-order valence-electron chi connectivity index (χ3n) is 3.30. The molecule has 6 heteroatoms. The lowest BCUT2D eigenvalue weighted by atomic mass is 10.1. The van der Waals surface area contributed by atoms with E-state index in [0.29, 0.717) is 10.5 Å². The average molecular weight is 310 g/mol. The number of carboxylic acids is 1. The number of carbonyl (C=O) groups is 1. The Balaban J connectivity index is 2.14. The second kappa shape index (κ2) is 4.37. The number of aromatic nitrogens is 2. The molecule has 2 aromatic heterocycles. The summed E-state index contributed by atoms with van der Waals surface area (Å²) in [6.07, 6.45) is 2.84. The molecule has 1 aliphatic heterocycles. The van der Waals surface area contributed by atoms with E-state index in [1.807, 2.05) is 4.40 Å². The predicted molar refractivity (Wildman–Crippen MR) is 70.1 cm³/mol. The molecule has 1 aliphatic rings. The van der Waals surface area contributed by atoms with E-state index in [2.05, 4.69) is 26.2 Å². The van der Waals surface area contributed by atoms with E-state index in [1.54, 1.807) is 18.3 Å². The zero-order valence-corrected chi connectivity index (χ0v) is 11.1. The molecule has 0 radical (unpaired) electrons. The molecule has 18 heavy (non-hydrogen) atoms. The molecule has 1 atom stereocenters. The van der Waals surface area contributed by atoms with Crippen LogP contribution in [0.2, 0.25) is 0 Å². The van der Waals surface area contributed by atoms with Crippen LogP contribution in [-0.4, -0.2) is 33.6 Å². The Morgan fingerprint density at radius 1 is 1.61 bits per heavy atom. The lowest BCUT2D eigenvalue weighted by molar-refractivity contribution is 0.0697. The maximum absolute atomic E-state index is 11.0. The minimum Gasteiger partial charge on any atom is -0.478 e. The van der Waals surface area contributed by atoms with Crippen molar-refractivity contribution in [3.05, 3.63) is 34.3 Å². The van der Waals surface area contributed by atoms with Crippen molar-refractivity contribution in [2.24, 2.45) is 0 Å². The van der Waals surface area contributed by atoms with Gasteiger partial charge in [-0.3, -0.25) is 0 Å². The van der Waals surface area contributed by atoms with Crippen LogP contribution in [0.5, 0.6) is 0 Å². The highest BCUT2D eigenvalue weighted by molar-refractivity contribution is 9.10. The number of rotatable bonds is 2. The van der Waals surface area contributed by atoms with Crippen LogP contribution in [0.3, 0.4) is 0 Å². The lowest BCUT2D eigenvalue weighted by Gasteiger charge is -2.07. The molecule has 2 N–H and O–H groups in total. The second-order valence-corrected chi connectivity index (χ2v) is 5.18. The Hall–Kier alpha value is -1.40. The quantitative estimate of drug-likeness (QED) is 0.889. The molecular formula is C12H12BrN3O2. The minimum atomic E-state index is -0.922. The first kappa shape index (κ1) is 11.7. The number of hydrogen-bond acceptors (Lipinski definition) is 3. The number of halogens is 1. The van der Waals surface area contributed by atoms with Crippen LogP contribution >= 0.6 is 15.9 Å². The third kappa shape index (κ3) is 1.81. The fraction of sp³-hybridized carbons (Fsp3) is 0.333. The highest BCUT2D eigenvalue weighted by Gasteiger charge is 2.23. The van der Waals surface area contributed by atoms with Gasteiger partial charge in [-0.15, -0.1) is 0 Å².